The number of piperidine rings is 1. The fraction of sp³-hybridized carbons (Fsp3) is 0.500. The van der Waals surface area contributed by atoms with E-state index >= 15 is 0 Å². The topological polar surface area (TPSA) is 76.1 Å². The van der Waals surface area contributed by atoms with Crippen LogP contribution in [0.5, 0.6) is 0 Å². The number of rotatable bonds is 7. The zero-order valence-electron chi connectivity index (χ0n) is 15.7. The van der Waals surface area contributed by atoms with Crippen LogP contribution in [0.15, 0.2) is 35.9 Å². The third kappa shape index (κ3) is 5.79. The normalized spacial score (nSPS) is 20.3. The number of esters is 2. The Hall–Kier alpha value is -1.89. The lowest BCUT2D eigenvalue weighted by Crippen LogP contribution is -2.43. The van der Waals surface area contributed by atoms with E-state index < -0.39 is 24.1 Å². The Labute approximate surface area is 164 Å². The summed E-state index contributed by atoms with van der Waals surface area (Å²) in [5.74, 6) is -0.920. The van der Waals surface area contributed by atoms with E-state index in [2.05, 4.69) is 0 Å². The largest absolute Gasteiger partial charge is 0.468 e. The number of benzene rings is 1. The van der Waals surface area contributed by atoms with Crippen molar-refractivity contribution in [2.24, 2.45) is 0 Å². The van der Waals surface area contributed by atoms with Gasteiger partial charge in [-0.2, -0.15) is 0 Å². The summed E-state index contributed by atoms with van der Waals surface area (Å²) in [6.07, 6.45) is 2.70. The maximum atomic E-state index is 12.5. The zero-order chi connectivity index (χ0) is 19.8. The van der Waals surface area contributed by atoms with Crippen LogP contribution in [0.25, 0.3) is 0 Å². The summed E-state index contributed by atoms with van der Waals surface area (Å²) in [6, 6.07) is 6.37. The molecule has 1 aromatic rings. The number of carbonyl (C=O) groups excluding carboxylic acids is 2. The number of unbranched alkanes of at least 4 members (excludes halogenated alkanes) is 1. The SMILES string of the molecule is CCCCOC(=O)C=C1CN(C(C(=O)OC)c2ccccc2Cl)CCC1O. The number of halogens is 1. The minimum atomic E-state index is -0.746. The molecule has 148 valence electrons. The smallest absolute Gasteiger partial charge is 0.330 e. The molecule has 1 aliphatic heterocycles. The van der Waals surface area contributed by atoms with E-state index in [-0.39, 0.29) is 6.54 Å². The molecule has 0 saturated carbocycles. The van der Waals surface area contributed by atoms with Gasteiger partial charge in [0.25, 0.3) is 0 Å². The Bertz CT molecular complexity index is 691. The van der Waals surface area contributed by atoms with Crippen molar-refractivity contribution < 1.29 is 24.2 Å². The summed E-state index contributed by atoms with van der Waals surface area (Å²) in [5.41, 5.74) is 1.15. The second-order valence-corrected chi connectivity index (χ2v) is 6.87. The van der Waals surface area contributed by atoms with Crippen LogP contribution < -0.4 is 0 Å². The van der Waals surface area contributed by atoms with E-state index in [0.29, 0.717) is 35.7 Å². The molecule has 1 saturated heterocycles. The highest BCUT2D eigenvalue weighted by Gasteiger charge is 2.34. The van der Waals surface area contributed by atoms with Crippen molar-refractivity contribution in [3.05, 3.63) is 46.5 Å². The van der Waals surface area contributed by atoms with E-state index in [1.807, 2.05) is 11.8 Å². The van der Waals surface area contributed by atoms with Crippen LogP contribution in [0.1, 0.15) is 37.8 Å². The number of hydrogen-bond acceptors (Lipinski definition) is 6. The highest BCUT2D eigenvalue weighted by molar-refractivity contribution is 6.31. The summed E-state index contributed by atoms with van der Waals surface area (Å²) >= 11 is 6.29. The first kappa shape index (κ1) is 21.4. The van der Waals surface area contributed by atoms with Gasteiger partial charge in [-0.1, -0.05) is 43.1 Å². The average Bonchev–Trinajstić information content (AvgIpc) is 2.66. The van der Waals surface area contributed by atoms with Crippen LogP contribution >= 0.6 is 11.6 Å². The Morgan fingerprint density at radius 1 is 1.41 bits per heavy atom. The molecule has 0 amide bonds. The van der Waals surface area contributed by atoms with E-state index in [9.17, 15) is 14.7 Å². The Balaban J connectivity index is 2.21. The molecular weight excluding hydrogens is 370 g/mol. The summed E-state index contributed by atoms with van der Waals surface area (Å²) in [6.45, 7) is 3.07. The number of hydrogen-bond donors (Lipinski definition) is 1. The first-order valence-electron chi connectivity index (χ1n) is 9.09. The van der Waals surface area contributed by atoms with Crippen molar-refractivity contribution in [3.63, 3.8) is 0 Å². The fourth-order valence-electron chi connectivity index (χ4n) is 3.05. The number of methoxy groups -OCH3 is 1. The molecule has 0 aliphatic carbocycles. The van der Waals surface area contributed by atoms with Gasteiger partial charge in [0.05, 0.1) is 19.8 Å². The molecule has 0 aromatic heterocycles. The van der Waals surface area contributed by atoms with Crippen molar-refractivity contribution in [1.29, 1.82) is 0 Å². The Morgan fingerprint density at radius 3 is 2.81 bits per heavy atom. The number of ether oxygens (including phenoxy) is 2. The number of aliphatic hydroxyl groups is 1. The fourth-order valence-corrected chi connectivity index (χ4v) is 3.29. The van der Waals surface area contributed by atoms with Gasteiger partial charge in [-0.15, -0.1) is 0 Å². The zero-order valence-corrected chi connectivity index (χ0v) is 16.4. The third-order valence-electron chi connectivity index (χ3n) is 4.54. The molecule has 1 N–H and O–H groups in total. The molecule has 6 nitrogen and oxygen atoms in total. The van der Waals surface area contributed by atoms with Crippen molar-refractivity contribution in [1.82, 2.24) is 4.90 Å². The van der Waals surface area contributed by atoms with Crippen molar-refractivity contribution in [2.75, 3.05) is 26.8 Å². The van der Waals surface area contributed by atoms with Gasteiger partial charge < -0.3 is 14.6 Å². The monoisotopic (exact) mass is 395 g/mol. The summed E-state index contributed by atoms with van der Waals surface area (Å²) in [4.78, 5) is 26.3. The second kappa shape index (κ2) is 10.4. The minimum absolute atomic E-state index is 0.245. The van der Waals surface area contributed by atoms with Gasteiger partial charge in [-0.3, -0.25) is 4.90 Å². The summed E-state index contributed by atoms with van der Waals surface area (Å²) < 4.78 is 10.1. The Kier molecular flexibility index (Phi) is 8.28. The molecule has 1 heterocycles. The highest BCUT2D eigenvalue weighted by Crippen LogP contribution is 2.32. The highest BCUT2D eigenvalue weighted by atomic mass is 35.5. The molecule has 2 rings (SSSR count). The molecule has 1 aromatic carbocycles. The molecule has 1 fully saturated rings. The first-order valence-corrected chi connectivity index (χ1v) is 9.47. The number of aliphatic hydroxyl groups excluding tert-OH is 1. The van der Waals surface area contributed by atoms with Gasteiger partial charge in [-0.05, 0) is 30.0 Å². The van der Waals surface area contributed by atoms with Crippen LogP contribution in [0.4, 0.5) is 0 Å². The molecule has 27 heavy (non-hydrogen) atoms. The van der Waals surface area contributed by atoms with Crippen molar-refractivity contribution in [3.8, 4) is 0 Å². The molecule has 0 radical (unpaired) electrons. The lowest BCUT2D eigenvalue weighted by atomic mass is 9.96. The van der Waals surface area contributed by atoms with Crippen LogP contribution in [-0.2, 0) is 19.1 Å². The minimum Gasteiger partial charge on any atom is -0.468 e. The quantitative estimate of drug-likeness (QED) is 0.434. The standard InChI is InChI=1S/C20H26ClNO5/c1-3-4-11-27-18(24)12-14-13-22(10-9-17(14)23)19(20(25)26-2)15-7-5-6-8-16(15)21/h5-8,12,17,19,23H,3-4,9-11,13H2,1-2H3. The molecule has 0 spiro atoms. The number of carbonyl (C=O) groups is 2. The molecule has 7 heteroatoms. The Morgan fingerprint density at radius 2 is 2.15 bits per heavy atom. The maximum Gasteiger partial charge on any atom is 0.330 e. The van der Waals surface area contributed by atoms with Crippen LogP contribution in [-0.4, -0.2) is 54.9 Å². The van der Waals surface area contributed by atoms with Crippen LogP contribution in [0, 0.1) is 0 Å². The number of likely N-dealkylation sites (tertiary alicyclic amines) is 1. The molecule has 0 bridgehead atoms. The van der Waals surface area contributed by atoms with E-state index in [4.69, 9.17) is 21.1 Å². The van der Waals surface area contributed by atoms with E-state index in [1.54, 1.807) is 24.3 Å². The van der Waals surface area contributed by atoms with E-state index in [1.165, 1.54) is 13.2 Å². The number of nitrogens with zero attached hydrogens (tertiary/aromatic N) is 1. The lowest BCUT2D eigenvalue weighted by molar-refractivity contribution is -0.147. The molecule has 2 unspecified atom stereocenters. The van der Waals surface area contributed by atoms with Gasteiger partial charge in [0.15, 0.2) is 0 Å². The van der Waals surface area contributed by atoms with Gasteiger partial charge in [0.2, 0.25) is 0 Å². The van der Waals surface area contributed by atoms with Gasteiger partial charge in [0.1, 0.15) is 6.04 Å². The predicted octanol–water partition coefficient (Wildman–Crippen LogP) is 2.89. The summed E-state index contributed by atoms with van der Waals surface area (Å²) in [5, 5.41) is 10.7. The average molecular weight is 396 g/mol. The van der Waals surface area contributed by atoms with Crippen molar-refractivity contribution in [2.45, 2.75) is 38.3 Å². The lowest BCUT2D eigenvalue weighted by Gasteiger charge is -2.36. The van der Waals surface area contributed by atoms with Crippen LogP contribution in [0.3, 0.4) is 0 Å². The first-order chi connectivity index (χ1) is 13.0. The van der Waals surface area contributed by atoms with Gasteiger partial charge in [0, 0.05) is 24.2 Å². The molecular formula is C20H26ClNO5. The predicted molar refractivity (Wildman–Crippen MR) is 102 cm³/mol. The van der Waals surface area contributed by atoms with Gasteiger partial charge in [-0.25, -0.2) is 9.59 Å². The molecule has 1 aliphatic rings. The van der Waals surface area contributed by atoms with Crippen LogP contribution in [0.2, 0.25) is 5.02 Å². The maximum absolute atomic E-state index is 12.5. The van der Waals surface area contributed by atoms with E-state index in [0.717, 1.165) is 12.8 Å². The third-order valence-corrected chi connectivity index (χ3v) is 4.88. The summed E-state index contributed by atoms with van der Waals surface area (Å²) in [7, 11) is 1.33. The molecule has 2 atom stereocenters. The van der Waals surface area contributed by atoms with Gasteiger partial charge >= 0.3 is 11.9 Å². The second-order valence-electron chi connectivity index (χ2n) is 6.46. The van der Waals surface area contributed by atoms with Crippen molar-refractivity contribution >= 4 is 23.5 Å².